The Balaban J connectivity index is 1.72. The lowest BCUT2D eigenvalue weighted by atomic mass is 10.1. The van der Waals surface area contributed by atoms with Gasteiger partial charge in [-0.25, -0.2) is 4.98 Å². The quantitative estimate of drug-likeness (QED) is 0.465. The van der Waals surface area contributed by atoms with Crippen molar-refractivity contribution in [2.45, 2.75) is 33.4 Å². The zero-order valence-corrected chi connectivity index (χ0v) is 18.0. The normalized spacial score (nSPS) is 11.2. The Morgan fingerprint density at radius 2 is 1.80 bits per heavy atom. The molecule has 2 aromatic heterocycles. The zero-order chi connectivity index (χ0) is 21.3. The van der Waals surface area contributed by atoms with Gasteiger partial charge >= 0.3 is 0 Å². The van der Waals surface area contributed by atoms with Gasteiger partial charge in [-0.1, -0.05) is 48.0 Å². The largest absolute Gasteiger partial charge is 0.308 e. The van der Waals surface area contributed by atoms with Gasteiger partial charge in [0.1, 0.15) is 11.4 Å². The summed E-state index contributed by atoms with van der Waals surface area (Å²) >= 11 is 1.44. The van der Waals surface area contributed by atoms with Gasteiger partial charge in [-0.3, -0.25) is 14.2 Å². The molecule has 6 heteroatoms. The number of aromatic nitrogens is 2. The van der Waals surface area contributed by atoms with Crippen molar-refractivity contribution in [1.29, 1.82) is 0 Å². The summed E-state index contributed by atoms with van der Waals surface area (Å²) in [7, 11) is 0. The number of rotatable bonds is 5. The van der Waals surface area contributed by atoms with Crippen molar-refractivity contribution in [3.63, 3.8) is 0 Å². The number of hydrogen-bond acceptors (Lipinski definition) is 4. The number of anilines is 1. The molecule has 0 aliphatic carbocycles. The number of amides is 1. The second-order valence-electron chi connectivity index (χ2n) is 7.57. The molecule has 0 unspecified atom stereocenters. The maximum atomic E-state index is 13.3. The first-order valence-corrected chi connectivity index (χ1v) is 10.7. The molecular formula is C24H23N3O2S. The van der Waals surface area contributed by atoms with E-state index in [0.29, 0.717) is 10.2 Å². The van der Waals surface area contributed by atoms with E-state index in [0.717, 1.165) is 22.4 Å². The zero-order valence-electron chi connectivity index (χ0n) is 17.2. The Morgan fingerprint density at radius 1 is 1.10 bits per heavy atom. The molecule has 2 heterocycles. The predicted molar refractivity (Wildman–Crippen MR) is 123 cm³/mol. The van der Waals surface area contributed by atoms with Gasteiger partial charge in [0.25, 0.3) is 5.56 Å². The second kappa shape index (κ2) is 8.24. The number of hydrogen-bond donors (Lipinski definition) is 0. The van der Waals surface area contributed by atoms with Crippen LogP contribution >= 0.6 is 11.3 Å². The molecule has 0 aliphatic heterocycles. The molecule has 0 aliphatic rings. The Kier molecular flexibility index (Phi) is 5.50. The van der Waals surface area contributed by atoms with E-state index >= 15 is 0 Å². The maximum absolute atomic E-state index is 13.3. The molecule has 0 radical (unpaired) electrons. The van der Waals surface area contributed by atoms with E-state index in [4.69, 9.17) is 0 Å². The summed E-state index contributed by atoms with van der Waals surface area (Å²) in [5.74, 6) is -0.147. The van der Waals surface area contributed by atoms with Crippen molar-refractivity contribution in [3.8, 4) is 11.1 Å². The fraction of sp³-hybridized carbons (Fsp3) is 0.208. The number of nitrogens with zero attached hydrogens (tertiary/aromatic N) is 3. The molecule has 0 bridgehead atoms. The van der Waals surface area contributed by atoms with Crippen LogP contribution < -0.4 is 10.5 Å². The van der Waals surface area contributed by atoms with Gasteiger partial charge in [-0.2, -0.15) is 0 Å². The lowest BCUT2D eigenvalue weighted by molar-refractivity contribution is -0.119. The number of benzene rings is 2. The SMILES string of the molecule is Cc1ccc(-c2csc3ncn(CC(=O)N(c4ccccc4)C(C)C)c(=O)c23)cc1. The van der Waals surface area contributed by atoms with E-state index < -0.39 is 0 Å². The summed E-state index contributed by atoms with van der Waals surface area (Å²) in [6.45, 7) is 5.90. The highest BCUT2D eigenvalue weighted by molar-refractivity contribution is 7.17. The third-order valence-corrected chi connectivity index (χ3v) is 5.93. The van der Waals surface area contributed by atoms with E-state index in [1.165, 1.54) is 22.2 Å². The summed E-state index contributed by atoms with van der Waals surface area (Å²) in [5.41, 5.74) is 3.62. The van der Waals surface area contributed by atoms with E-state index in [-0.39, 0.29) is 24.1 Å². The standard InChI is InChI=1S/C24H23N3O2S/c1-16(2)27(19-7-5-4-6-8-19)21(28)13-26-15-25-23-22(24(26)29)20(14-30-23)18-11-9-17(3)10-12-18/h4-12,14-16H,13H2,1-3H3. The average molecular weight is 418 g/mol. The molecule has 0 atom stereocenters. The van der Waals surface area contributed by atoms with Crippen LogP contribution in [0.2, 0.25) is 0 Å². The number of para-hydroxylation sites is 1. The molecule has 4 aromatic rings. The Hall–Kier alpha value is -3.25. The van der Waals surface area contributed by atoms with Crippen LogP contribution in [-0.2, 0) is 11.3 Å². The highest BCUT2D eigenvalue weighted by Gasteiger charge is 2.21. The van der Waals surface area contributed by atoms with Gasteiger partial charge in [0.05, 0.1) is 11.7 Å². The smallest absolute Gasteiger partial charge is 0.263 e. The number of fused-ring (bicyclic) bond motifs is 1. The monoisotopic (exact) mass is 417 g/mol. The van der Waals surface area contributed by atoms with Crippen LogP contribution in [0.15, 0.2) is 71.1 Å². The molecule has 30 heavy (non-hydrogen) atoms. The maximum Gasteiger partial charge on any atom is 0.263 e. The Morgan fingerprint density at radius 3 is 2.47 bits per heavy atom. The van der Waals surface area contributed by atoms with Crippen molar-refractivity contribution in [2.24, 2.45) is 0 Å². The summed E-state index contributed by atoms with van der Waals surface area (Å²) < 4.78 is 1.41. The van der Waals surface area contributed by atoms with Crippen molar-refractivity contribution in [2.75, 3.05) is 4.90 Å². The number of thiophene rings is 1. The van der Waals surface area contributed by atoms with Crippen LogP contribution in [0.25, 0.3) is 21.3 Å². The fourth-order valence-corrected chi connectivity index (χ4v) is 4.47. The van der Waals surface area contributed by atoms with Crippen LogP contribution in [-0.4, -0.2) is 21.5 Å². The summed E-state index contributed by atoms with van der Waals surface area (Å²) in [6, 6.07) is 17.5. The van der Waals surface area contributed by atoms with E-state index in [1.807, 2.05) is 80.7 Å². The molecule has 0 spiro atoms. The minimum Gasteiger partial charge on any atom is -0.308 e. The van der Waals surface area contributed by atoms with Crippen molar-refractivity contribution >= 4 is 33.1 Å². The van der Waals surface area contributed by atoms with Gasteiger partial charge < -0.3 is 4.90 Å². The van der Waals surface area contributed by atoms with E-state index in [2.05, 4.69) is 4.98 Å². The van der Waals surface area contributed by atoms with E-state index in [1.54, 1.807) is 4.90 Å². The molecule has 2 aromatic carbocycles. The van der Waals surface area contributed by atoms with Gasteiger partial charge in [0.2, 0.25) is 5.91 Å². The first-order chi connectivity index (χ1) is 14.5. The third kappa shape index (κ3) is 3.78. The first kappa shape index (κ1) is 20.0. The molecule has 0 saturated carbocycles. The van der Waals surface area contributed by atoms with Crippen LogP contribution in [0.5, 0.6) is 0 Å². The number of aryl methyl sites for hydroxylation is 1. The van der Waals surface area contributed by atoms with Gasteiger partial charge in [0.15, 0.2) is 0 Å². The second-order valence-corrected chi connectivity index (χ2v) is 8.42. The summed E-state index contributed by atoms with van der Waals surface area (Å²) in [4.78, 5) is 33.2. The van der Waals surface area contributed by atoms with Gasteiger partial charge in [-0.05, 0) is 38.5 Å². The molecule has 4 rings (SSSR count). The summed E-state index contributed by atoms with van der Waals surface area (Å²) in [6.07, 6.45) is 1.47. The third-order valence-electron chi connectivity index (χ3n) is 5.05. The topological polar surface area (TPSA) is 55.2 Å². The minimum atomic E-state index is -0.193. The Labute approximate surface area is 179 Å². The van der Waals surface area contributed by atoms with Crippen LogP contribution in [0.3, 0.4) is 0 Å². The van der Waals surface area contributed by atoms with Gasteiger partial charge in [-0.15, -0.1) is 11.3 Å². The fourth-order valence-electron chi connectivity index (χ4n) is 3.57. The van der Waals surface area contributed by atoms with Crippen LogP contribution in [0.4, 0.5) is 5.69 Å². The molecule has 5 nitrogen and oxygen atoms in total. The molecular weight excluding hydrogens is 394 g/mol. The van der Waals surface area contributed by atoms with Crippen molar-refractivity contribution in [3.05, 3.63) is 82.2 Å². The van der Waals surface area contributed by atoms with Crippen molar-refractivity contribution < 1.29 is 4.79 Å². The molecule has 0 fully saturated rings. The van der Waals surface area contributed by atoms with Crippen LogP contribution in [0.1, 0.15) is 19.4 Å². The molecule has 0 saturated heterocycles. The lowest BCUT2D eigenvalue weighted by Crippen LogP contribution is -2.41. The first-order valence-electron chi connectivity index (χ1n) is 9.86. The highest BCUT2D eigenvalue weighted by Crippen LogP contribution is 2.30. The lowest BCUT2D eigenvalue weighted by Gasteiger charge is -2.27. The molecule has 0 N–H and O–H groups in total. The molecule has 152 valence electrons. The average Bonchev–Trinajstić information content (AvgIpc) is 3.16. The Bertz CT molecular complexity index is 1240. The summed E-state index contributed by atoms with van der Waals surface area (Å²) in [5, 5.41) is 2.52. The van der Waals surface area contributed by atoms with Crippen molar-refractivity contribution in [1.82, 2.24) is 9.55 Å². The van der Waals surface area contributed by atoms with Gasteiger partial charge in [0, 0.05) is 22.7 Å². The number of carbonyl (C=O) groups is 1. The predicted octanol–water partition coefficient (Wildman–Crippen LogP) is 4.88. The molecule has 1 amide bonds. The number of carbonyl (C=O) groups excluding carboxylic acids is 1. The van der Waals surface area contributed by atoms with E-state index in [9.17, 15) is 9.59 Å². The minimum absolute atomic E-state index is 0.0310. The highest BCUT2D eigenvalue weighted by atomic mass is 32.1. The van der Waals surface area contributed by atoms with Crippen LogP contribution in [0, 0.1) is 6.92 Å².